The summed E-state index contributed by atoms with van der Waals surface area (Å²) in [5.74, 6) is 1.69. The second-order valence-corrected chi connectivity index (χ2v) is 13.3. The van der Waals surface area contributed by atoms with Gasteiger partial charge in [-0.3, -0.25) is 0 Å². The maximum absolute atomic E-state index is 6.08. The Balaban J connectivity index is 1.41. The molecule has 7 rings (SSSR count). The molecule has 4 nitrogen and oxygen atoms in total. The van der Waals surface area contributed by atoms with E-state index in [1.165, 1.54) is 80.5 Å². The molecule has 0 fully saturated rings. The third-order valence-electron chi connectivity index (χ3n) is 10.3. The molecule has 0 unspecified atom stereocenters. The summed E-state index contributed by atoms with van der Waals surface area (Å²) in [6.07, 6.45) is 4.84. The van der Waals surface area contributed by atoms with Gasteiger partial charge in [-0.1, -0.05) is 72.3 Å². The van der Waals surface area contributed by atoms with Crippen molar-refractivity contribution in [1.29, 1.82) is 0 Å². The number of rotatable bonds is 13. The van der Waals surface area contributed by atoms with E-state index in [2.05, 4.69) is 111 Å². The Kier molecular flexibility index (Phi) is 9.89. The van der Waals surface area contributed by atoms with Crippen LogP contribution >= 0.6 is 0 Å². The van der Waals surface area contributed by atoms with Crippen LogP contribution in [0.4, 0.5) is 0 Å². The highest BCUT2D eigenvalue weighted by molar-refractivity contribution is 5.89. The fraction of sp³-hybridized carbons (Fsp3) is 0.333. The summed E-state index contributed by atoms with van der Waals surface area (Å²) < 4.78 is 23.2. The largest absolute Gasteiger partial charge is 0.491 e. The van der Waals surface area contributed by atoms with Gasteiger partial charge in [0.25, 0.3) is 0 Å². The van der Waals surface area contributed by atoms with Gasteiger partial charge in [0.2, 0.25) is 0 Å². The van der Waals surface area contributed by atoms with Crippen LogP contribution in [0.15, 0.2) is 97.1 Å². The van der Waals surface area contributed by atoms with Gasteiger partial charge < -0.3 is 18.9 Å². The van der Waals surface area contributed by atoms with Gasteiger partial charge in [0, 0.05) is 13.2 Å². The molecule has 0 aliphatic heterocycles. The van der Waals surface area contributed by atoms with Gasteiger partial charge in [-0.05, 0) is 145 Å². The van der Waals surface area contributed by atoms with Crippen molar-refractivity contribution in [2.75, 3.05) is 39.6 Å². The van der Waals surface area contributed by atoms with Crippen LogP contribution in [0.5, 0.6) is 11.5 Å². The van der Waals surface area contributed by atoms with Crippen LogP contribution in [0, 0.1) is 13.8 Å². The van der Waals surface area contributed by atoms with Gasteiger partial charge in [0.05, 0.1) is 18.6 Å². The standard InChI is InChI=1S/C45H48O4/c1-5-46-25-27-48-36-18-14-34(15-19-36)45(35-16-20-37(21-17-35)49-28-26-47-6-2)43-29-31(3)11-22-41(43)42-24-13-33(30-44(42)45)39-23-12-32(4)38-9-7-8-10-40(38)39/h11-24,29-30H,5-10,25-28H2,1-4H3. The molecule has 5 aromatic carbocycles. The Morgan fingerprint density at radius 1 is 0.531 bits per heavy atom. The zero-order valence-electron chi connectivity index (χ0n) is 29.4. The van der Waals surface area contributed by atoms with Crippen LogP contribution in [0.1, 0.15) is 71.2 Å². The van der Waals surface area contributed by atoms with Crippen LogP contribution in [0.3, 0.4) is 0 Å². The summed E-state index contributed by atoms with van der Waals surface area (Å²) in [4.78, 5) is 0. The number of fused-ring (bicyclic) bond motifs is 4. The van der Waals surface area contributed by atoms with E-state index in [0.717, 1.165) is 17.9 Å². The second kappa shape index (κ2) is 14.6. The molecule has 0 aromatic heterocycles. The Hall–Kier alpha value is -4.38. The lowest BCUT2D eigenvalue weighted by Crippen LogP contribution is -2.28. The monoisotopic (exact) mass is 652 g/mol. The van der Waals surface area contributed by atoms with E-state index in [9.17, 15) is 0 Å². The van der Waals surface area contributed by atoms with Crippen molar-refractivity contribution in [2.24, 2.45) is 0 Å². The van der Waals surface area contributed by atoms with Crippen LogP contribution in [0.25, 0.3) is 22.3 Å². The summed E-state index contributed by atoms with van der Waals surface area (Å²) >= 11 is 0. The number of benzene rings is 5. The highest BCUT2D eigenvalue weighted by Crippen LogP contribution is 2.57. The Bertz CT molecular complexity index is 1850. The van der Waals surface area contributed by atoms with Gasteiger partial charge in [-0.15, -0.1) is 0 Å². The lowest BCUT2D eigenvalue weighted by molar-refractivity contribution is 0.110. The summed E-state index contributed by atoms with van der Waals surface area (Å²) in [5.41, 5.74) is 15.5. The quantitative estimate of drug-likeness (QED) is 0.116. The van der Waals surface area contributed by atoms with Crippen LogP contribution < -0.4 is 9.47 Å². The molecule has 2 aliphatic rings. The number of hydrogen-bond acceptors (Lipinski definition) is 4. The zero-order valence-corrected chi connectivity index (χ0v) is 29.4. The van der Waals surface area contributed by atoms with E-state index in [1.54, 1.807) is 5.56 Å². The molecular formula is C45H48O4. The Morgan fingerprint density at radius 3 is 1.65 bits per heavy atom. The van der Waals surface area contributed by atoms with Crippen LogP contribution in [-0.2, 0) is 27.7 Å². The molecule has 0 saturated heterocycles. The van der Waals surface area contributed by atoms with Crippen molar-refractivity contribution in [2.45, 2.75) is 58.8 Å². The molecule has 0 N–H and O–H groups in total. The Morgan fingerprint density at radius 2 is 1.06 bits per heavy atom. The van der Waals surface area contributed by atoms with Crippen molar-refractivity contribution < 1.29 is 18.9 Å². The minimum Gasteiger partial charge on any atom is -0.491 e. The van der Waals surface area contributed by atoms with Gasteiger partial charge >= 0.3 is 0 Å². The van der Waals surface area contributed by atoms with Gasteiger partial charge in [-0.2, -0.15) is 0 Å². The van der Waals surface area contributed by atoms with Crippen molar-refractivity contribution in [3.8, 4) is 33.8 Å². The summed E-state index contributed by atoms with van der Waals surface area (Å²) in [5, 5.41) is 0. The molecule has 0 bridgehead atoms. The van der Waals surface area contributed by atoms with E-state index in [1.807, 2.05) is 13.8 Å². The van der Waals surface area contributed by atoms with E-state index in [-0.39, 0.29) is 0 Å². The molecule has 252 valence electrons. The number of ether oxygens (including phenoxy) is 4. The smallest absolute Gasteiger partial charge is 0.119 e. The molecule has 0 radical (unpaired) electrons. The maximum atomic E-state index is 6.08. The van der Waals surface area contributed by atoms with Gasteiger partial charge in [-0.25, -0.2) is 0 Å². The lowest BCUT2D eigenvalue weighted by atomic mass is 9.67. The minimum atomic E-state index is -0.537. The molecule has 2 aliphatic carbocycles. The van der Waals surface area contributed by atoms with E-state index >= 15 is 0 Å². The second-order valence-electron chi connectivity index (χ2n) is 13.3. The van der Waals surface area contributed by atoms with Crippen molar-refractivity contribution in [1.82, 2.24) is 0 Å². The first kappa shape index (κ1) is 33.1. The first-order chi connectivity index (χ1) is 24.0. The summed E-state index contributed by atoms with van der Waals surface area (Å²) in [6.45, 7) is 12.1. The predicted molar refractivity (Wildman–Crippen MR) is 199 cm³/mol. The molecule has 0 spiro atoms. The third-order valence-corrected chi connectivity index (χ3v) is 10.3. The third kappa shape index (κ3) is 6.29. The first-order valence-corrected chi connectivity index (χ1v) is 18.0. The summed E-state index contributed by atoms with van der Waals surface area (Å²) in [6, 6.07) is 36.3. The van der Waals surface area contributed by atoms with E-state index in [0.29, 0.717) is 39.6 Å². The zero-order chi connectivity index (χ0) is 33.8. The highest BCUT2D eigenvalue weighted by atomic mass is 16.5. The molecule has 5 aromatic rings. The minimum absolute atomic E-state index is 0.526. The molecule has 4 heteroatoms. The van der Waals surface area contributed by atoms with E-state index in [4.69, 9.17) is 18.9 Å². The molecule has 0 atom stereocenters. The normalized spacial score (nSPS) is 14.2. The fourth-order valence-corrected chi connectivity index (χ4v) is 8.04. The number of hydrogen-bond donors (Lipinski definition) is 0. The molecule has 0 saturated carbocycles. The van der Waals surface area contributed by atoms with Crippen molar-refractivity contribution in [3.05, 3.63) is 142 Å². The van der Waals surface area contributed by atoms with Crippen LogP contribution in [0.2, 0.25) is 0 Å². The first-order valence-electron chi connectivity index (χ1n) is 18.0. The Labute approximate surface area is 292 Å². The van der Waals surface area contributed by atoms with E-state index < -0.39 is 5.41 Å². The highest BCUT2D eigenvalue weighted by Gasteiger charge is 2.46. The van der Waals surface area contributed by atoms with Gasteiger partial charge in [0.1, 0.15) is 24.7 Å². The average molecular weight is 653 g/mol. The SMILES string of the molecule is CCOCCOc1ccc(C2(c3ccc(OCCOCC)cc3)c3cc(C)ccc3-c3ccc(-c4ccc(C)c5c4CCCC5)cc32)cc1. The average Bonchev–Trinajstić information content (AvgIpc) is 3.42. The number of aryl methyl sites for hydroxylation is 2. The maximum Gasteiger partial charge on any atom is 0.119 e. The van der Waals surface area contributed by atoms with Crippen molar-refractivity contribution >= 4 is 0 Å². The fourth-order valence-electron chi connectivity index (χ4n) is 8.04. The molecule has 49 heavy (non-hydrogen) atoms. The molecule has 0 heterocycles. The molecular weight excluding hydrogens is 604 g/mol. The van der Waals surface area contributed by atoms with Crippen LogP contribution in [-0.4, -0.2) is 39.6 Å². The lowest BCUT2D eigenvalue weighted by Gasteiger charge is -2.34. The topological polar surface area (TPSA) is 36.9 Å². The van der Waals surface area contributed by atoms with Crippen molar-refractivity contribution in [3.63, 3.8) is 0 Å². The van der Waals surface area contributed by atoms with Gasteiger partial charge in [0.15, 0.2) is 0 Å². The predicted octanol–water partition coefficient (Wildman–Crippen LogP) is 10.0. The molecule has 0 amide bonds. The summed E-state index contributed by atoms with van der Waals surface area (Å²) in [7, 11) is 0.